The van der Waals surface area contributed by atoms with Crippen LogP contribution in [-0.4, -0.2) is 4.98 Å². The fourth-order valence-corrected chi connectivity index (χ4v) is 2.52. The first-order valence-corrected chi connectivity index (χ1v) is 6.73. The largest absolute Gasteiger partial charge is 0.271 e. The van der Waals surface area contributed by atoms with E-state index in [1.807, 2.05) is 6.07 Å². The minimum absolute atomic E-state index is 0.335. The zero-order valence-corrected chi connectivity index (χ0v) is 12.4. The molecule has 2 aromatic rings. The predicted octanol–water partition coefficient (Wildman–Crippen LogP) is 3.30. The van der Waals surface area contributed by atoms with Gasteiger partial charge in [0.2, 0.25) is 0 Å². The third-order valence-electron chi connectivity index (χ3n) is 2.50. The van der Waals surface area contributed by atoms with E-state index in [0.717, 1.165) is 8.95 Å². The van der Waals surface area contributed by atoms with E-state index in [1.54, 1.807) is 24.4 Å². The normalized spacial score (nSPS) is 12.4. The molecule has 0 saturated carbocycles. The van der Waals surface area contributed by atoms with Crippen LogP contribution in [0, 0.1) is 5.82 Å². The summed E-state index contributed by atoms with van der Waals surface area (Å²) in [4.78, 5) is 4.23. The van der Waals surface area contributed by atoms with E-state index in [1.165, 1.54) is 6.07 Å². The van der Waals surface area contributed by atoms with Gasteiger partial charge in [0.25, 0.3) is 0 Å². The van der Waals surface area contributed by atoms with Crippen LogP contribution < -0.4 is 11.3 Å². The highest BCUT2D eigenvalue weighted by Crippen LogP contribution is 2.29. The molecule has 94 valence electrons. The van der Waals surface area contributed by atoms with Crippen molar-refractivity contribution in [2.75, 3.05) is 0 Å². The van der Waals surface area contributed by atoms with Gasteiger partial charge in [-0.25, -0.2) is 9.82 Å². The Labute approximate surface area is 121 Å². The Hall–Kier alpha value is -0.820. The predicted molar refractivity (Wildman–Crippen MR) is 75.2 cm³/mol. The summed E-state index contributed by atoms with van der Waals surface area (Å²) in [6.45, 7) is 0. The molecule has 0 radical (unpaired) electrons. The Kier molecular flexibility index (Phi) is 4.45. The van der Waals surface area contributed by atoms with Crippen LogP contribution >= 0.6 is 31.9 Å². The molecule has 1 unspecified atom stereocenters. The van der Waals surface area contributed by atoms with Crippen LogP contribution in [0.2, 0.25) is 0 Å². The molecule has 6 heteroatoms. The molecule has 0 spiro atoms. The quantitative estimate of drug-likeness (QED) is 0.640. The molecular formula is C12H10Br2FN3. The molecule has 2 rings (SSSR count). The van der Waals surface area contributed by atoms with E-state index in [0.29, 0.717) is 11.3 Å². The maximum Gasteiger partial charge on any atom is 0.128 e. The van der Waals surface area contributed by atoms with E-state index >= 15 is 0 Å². The molecule has 3 nitrogen and oxygen atoms in total. The van der Waals surface area contributed by atoms with Gasteiger partial charge in [-0.05, 0) is 46.3 Å². The van der Waals surface area contributed by atoms with Crippen molar-refractivity contribution in [2.24, 2.45) is 5.84 Å². The van der Waals surface area contributed by atoms with Gasteiger partial charge in [-0.15, -0.1) is 0 Å². The smallest absolute Gasteiger partial charge is 0.128 e. The van der Waals surface area contributed by atoms with Crippen LogP contribution in [0.4, 0.5) is 4.39 Å². The third kappa shape index (κ3) is 2.77. The number of benzene rings is 1. The molecular weight excluding hydrogens is 365 g/mol. The van der Waals surface area contributed by atoms with Gasteiger partial charge < -0.3 is 0 Å². The van der Waals surface area contributed by atoms with Crippen molar-refractivity contribution in [2.45, 2.75) is 6.04 Å². The maximum absolute atomic E-state index is 13.9. The van der Waals surface area contributed by atoms with Gasteiger partial charge >= 0.3 is 0 Å². The Bertz CT molecular complexity index is 563. The number of aromatic nitrogens is 1. The lowest BCUT2D eigenvalue weighted by atomic mass is 10.0. The van der Waals surface area contributed by atoms with Crippen LogP contribution in [0.5, 0.6) is 0 Å². The van der Waals surface area contributed by atoms with Gasteiger partial charge in [-0.3, -0.25) is 10.8 Å². The Morgan fingerprint density at radius 3 is 2.72 bits per heavy atom. The number of nitrogens with one attached hydrogen (secondary N) is 1. The summed E-state index contributed by atoms with van der Waals surface area (Å²) >= 11 is 6.70. The van der Waals surface area contributed by atoms with Gasteiger partial charge in [-0.2, -0.15) is 0 Å². The maximum atomic E-state index is 13.9. The molecule has 3 N–H and O–H groups in total. The molecule has 0 aliphatic carbocycles. The van der Waals surface area contributed by atoms with Gasteiger partial charge in [0.1, 0.15) is 5.82 Å². The molecule has 18 heavy (non-hydrogen) atoms. The number of nitrogens with two attached hydrogens (primary N) is 1. The zero-order chi connectivity index (χ0) is 13.1. The molecule has 0 saturated heterocycles. The van der Waals surface area contributed by atoms with Crippen molar-refractivity contribution in [3.8, 4) is 0 Å². The Balaban J connectivity index is 2.52. The van der Waals surface area contributed by atoms with Crippen LogP contribution in [0.25, 0.3) is 0 Å². The highest BCUT2D eigenvalue weighted by molar-refractivity contribution is 9.10. The molecule has 1 heterocycles. The minimum Gasteiger partial charge on any atom is -0.271 e. The summed E-state index contributed by atoms with van der Waals surface area (Å²) in [6.07, 6.45) is 1.64. The second-order valence-electron chi connectivity index (χ2n) is 3.64. The first-order chi connectivity index (χ1) is 8.63. The lowest BCUT2D eigenvalue weighted by Gasteiger charge is -2.18. The van der Waals surface area contributed by atoms with Crippen molar-refractivity contribution in [3.05, 3.63) is 62.5 Å². The third-order valence-corrected chi connectivity index (χ3v) is 3.66. The topological polar surface area (TPSA) is 50.9 Å². The number of hydrazine groups is 1. The van der Waals surface area contributed by atoms with E-state index in [9.17, 15) is 4.39 Å². The molecule has 1 aromatic carbocycles. The summed E-state index contributed by atoms with van der Waals surface area (Å²) in [6, 6.07) is 7.82. The van der Waals surface area contributed by atoms with Crippen LogP contribution in [-0.2, 0) is 0 Å². The Morgan fingerprint density at radius 2 is 2.06 bits per heavy atom. The van der Waals surface area contributed by atoms with Gasteiger partial charge in [0.05, 0.1) is 11.7 Å². The average Bonchev–Trinajstić information content (AvgIpc) is 2.36. The Morgan fingerprint density at radius 1 is 1.28 bits per heavy atom. The number of rotatable bonds is 3. The van der Waals surface area contributed by atoms with E-state index in [-0.39, 0.29) is 5.82 Å². The van der Waals surface area contributed by atoms with Crippen LogP contribution in [0.15, 0.2) is 45.5 Å². The minimum atomic E-state index is -0.516. The van der Waals surface area contributed by atoms with Crippen molar-refractivity contribution in [3.63, 3.8) is 0 Å². The molecule has 0 aliphatic heterocycles. The lowest BCUT2D eigenvalue weighted by Crippen LogP contribution is -2.30. The molecule has 0 fully saturated rings. The monoisotopic (exact) mass is 373 g/mol. The van der Waals surface area contributed by atoms with Gasteiger partial charge in [0.15, 0.2) is 0 Å². The van der Waals surface area contributed by atoms with Crippen molar-refractivity contribution < 1.29 is 4.39 Å². The first-order valence-electron chi connectivity index (χ1n) is 5.15. The molecule has 0 amide bonds. The average molecular weight is 375 g/mol. The van der Waals surface area contributed by atoms with E-state index < -0.39 is 6.04 Å². The fraction of sp³-hybridized carbons (Fsp3) is 0.0833. The number of halogens is 3. The SMILES string of the molecule is NNC(c1cc(Br)ccc1F)c1ncccc1Br. The second-order valence-corrected chi connectivity index (χ2v) is 5.41. The van der Waals surface area contributed by atoms with Crippen molar-refractivity contribution in [1.82, 2.24) is 10.4 Å². The van der Waals surface area contributed by atoms with Crippen molar-refractivity contribution >= 4 is 31.9 Å². The zero-order valence-electron chi connectivity index (χ0n) is 9.20. The summed E-state index contributed by atoms with van der Waals surface area (Å²) in [5.41, 5.74) is 3.66. The number of pyridine rings is 1. The summed E-state index contributed by atoms with van der Waals surface area (Å²) in [5, 5.41) is 0. The molecule has 1 atom stereocenters. The number of hydrogen-bond donors (Lipinski definition) is 2. The van der Waals surface area contributed by atoms with Crippen LogP contribution in [0.3, 0.4) is 0 Å². The van der Waals surface area contributed by atoms with E-state index in [4.69, 9.17) is 5.84 Å². The van der Waals surface area contributed by atoms with Crippen molar-refractivity contribution in [1.29, 1.82) is 0 Å². The highest BCUT2D eigenvalue weighted by Gasteiger charge is 2.20. The molecule has 0 bridgehead atoms. The summed E-state index contributed by atoms with van der Waals surface area (Å²) in [5.74, 6) is 5.20. The van der Waals surface area contributed by atoms with E-state index in [2.05, 4.69) is 42.3 Å². The lowest BCUT2D eigenvalue weighted by molar-refractivity contribution is 0.551. The fourth-order valence-electron chi connectivity index (χ4n) is 1.66. The second kappa shape index (κ2) is 5.88. The molecule has 0 aliphatic rings. The standard InChI is InChI=1S/C12H10Br2FN3/c13-7-3-4-10(15)8(6-7)11(18-16)12-9(14)2-1-5-17-12/h1-6,11,18H,16H2. The molecule has 1 aromatic heterocycles. The summed E-state index contributed by atoms with van der Waals surface area (Å²) in [7, 11) is 0. The first kappa shape index (κ1) is 13.6. The number of hydrogen-bond acceptors (Lipinski definition) is 3. The summed E-state index contributed by atoms with van der Waals surface area (Å²) < 4.78 is 15.4. The highest BCUT2D eigenvalue weighted by atomic mass is 79.9. The number of nitrogens with zero attached hydrogens (tertiary/aromatic N) is 1. The van der Waals surface area contributed by atoms with Gasteiger partial charge in [-0.1, -0.05) is 15.9 Å². The van der Waals surface area contributed by atoms with Crippen LogP contribution in [0.1, 0.15) is 17.3 Å². The van der Waals surface area contributed by atoms with Gasteiger partial charge in [0, 0.05) is 20.7 Å².